The molecule has 106 valence electrons. The molecule has 0 aromatic heterocycles. The van der Waals surface area contributed by atoms with E-state index in [4.69, 9.17) is 0 Å². The lowest BCUT2D eigenvalue weighted by Crippen LogP contribution is -2.41. The van der Waals surface area contributed by atoms with Crippen LogP contribution in [-0.4, -0.2) is 23.5 Å². The van der Waals surface area contributed by atoms with Gasteiger partial charge in [0, 0.05) is 18.6 Å². The highest BCUT2D eigenvalue weighted by molar-refractivity contribution is 5.26. The predicted octanol–water partition coefficient (Wildman–Crippen LogP) is 4.88. The van der Waals surface area contributed by atoms with E-state index in [1.807, 2.05) is 0 Å². The zero-order valence-electron chi connectivity index (χ0n) is 12.9. The van der Waals surface area contributed by atoms with E-state index in [0.717, 1.165) is 13.0 Å². The van der Waals surface area contributed by atoms with Gasteiger partial charge in [-0.15, -0.1) is 0 Å². The van der Waals surface area contributed by atoms with E-state index >= 15 is 0 Å². The largest absolute Gasteiger partial charge is 0.293 e. The van der Waals surface area contributed by atoms with Gasteiger partial charge in [0.05, 0.1) is 0 Å². The Morgan fingerprint density at radius 3 is 2.53 bits per heavy atom. The Morgan fingerprint density at radius 1 is 1.26 bits per heavy atom. The van der Waals surface area contributed by atoms with Gasteiger partial charge in [0.15, 0.2) is 0 Å². The molecule has 0 radical (unpaired) electrons. The number of hydrogen-bond donors (Lipinski definition) is 0. The highest BCUT2D eigenvalue weighted by atomic mass is 15.2. The van der Waals surface area contributed by atoms with Crippen LogP contribution in [0.4, 0.5) is 0 Å². The summed E-state index contributed by atoms with van der Waals surface area (Å²) in [5.41, 5.74) is 2.39. The average molecular weight is 259 g/mol. The molecule has 0 aliphatic carbocycles. The van der Waals surface area contributed by atoms with Crippen molar-refractivity contribution in [1.82, 2.24) is 4.90 Å². The summed E-state index contributed by atoms with van der Waals surface area (Å²) >= 11 is 0. The zero-order chi connectivity index (χ0) is 14.3. The monoisotopic (exact) mass is 259 g/mol. The zero-order valence-corrected chi connectivity index (χ0v) is 12.9. The van der Waals surface area contributed by atoms with E-state index in [1.54, 1.807) is 0 Å². The topological polar surface area (TPSA) is 3.24 Å². The molecule has 19 heavy (non-hydrogen) atoms. The quantitative estimate of drug-likeness (QED) is 0.695. The van der Waals surface area contributed by atoms with Gasteiger partial charge in [0.2, 0.25) is 0 Å². The number of rotatable bonds is 4. The maximum Gasteiger partial charge on any atom is 0.0233 e. The second kappa shape index (κ2) is 8.16. The summed E-state index contributed by atoms with van der Waals surface area (Å²) in [6, 6.07) is 1.13. The SMILES string of the molecule is C=C1/C=C\C=C/C(=C)CN([C@@H](C)CCCC)C(C)C1. The molecule has 0 bridgehead atoms. The summed E-state index contributed by atoms with van der Waals surface area (Å²) in [6.07, 6.45) is 13.2. The van der Waals surface area contributed by atoms with E-state index in [0.29, 0.717) is 12.1 Å². The van der Waals surface area contributed by atoms with Crippen LogP contribution in [0.25, 0.3) is 0 Å². The van der Waals surface area contributed by atoms with Crippen molar-refractivity contribution < 1.29 is 0 Å². The molecule has 0 fully saturated rings. The number of unbranched alkanes of at least 4 members (excludes halogenated alkanes) is 1. The van der Waals surface area contributed by atoms with Gasteiger partial charge in [-0.2, -0.15) is 0 Å². The lowest BCUT2D eigenvalue weighted by Gasteiger charge is -2.35. The molecule has 0 N–H and O–H groups in total. The summed E-state index contributed by atoms with van der Waals surface area (Å²) in [5.74, 6) is 0. The molecular weight excluding hydrogens is 230 g/mol. The van der Waals surface area contributed by atoms with Crippen molar-refractivity contribution in [3.8, 4) is 0 Å². The van der Waals surface area contributed by atoms with Gasteiger partial charge in [0.1, 0.15) is 0 Å². The van der Waals surface area contributed by atoms with Crippen LogP contribution in [0.3, 0.4) is 0 Å². The van der Waals surface area contributed by atoms with Crippen molar-refractivity contribution in [2.45, 2.75) is 58.5 Å². The van der Waals surface area contributed by atoms with Gasteiger partial charge in [-0.3, -0.25) is 4.90 Å². The second-order valence-electron chi connectivity index (χ2n) is 5.75. The fourth-order valence-electron chi connectivity index (χ4n) is 2.65. The van der Waals surface area contributed by atoms with Gasteiger partial charge in [-0.05, 0) is 32.3 Å². The predicted molar refractivity (Wildman–Crippen MR) is 86.3 cm³/mol. The summed E-state index contributed by atoms with van der Waals surface area (Å²) in [4.78, 5) is 2.58. The summed E-state index contributed by atoms with van der Waals surface area (Å²) in [7, 11) is 0. The van der Waals surface area contributed by atoms with Gasteiger partial charge in [-0.25, -0.2) is 0 Å². The van der Waals surface area contributed by atoms with Gasteiger partial charge < -0.3 is 0 Å². The Labute approximate surface area is 119 Å². The smallest absolute Gasteiger partial charge is 0.0233 e. The summed E-state index contributed by atoms with van der Waals surface area (Å²) < 4.78 is 0. The Balaban J connectivity index is 2.80. The van der Waals surface area contributed by atoms with E-state index in [9.17, 15) is 0 Å². The van der Waals surface area contributed by atoms with Gasteiger partial charge >= 0.3 is 0 Å². The Bertz CT molecular complexity index is 362. The summed E-state index contributed by atoms with van der Waals surface area (Å²) in [5, 5.41) is 0. The Morgan fingerprint density at radius 2 is 1.89 bits per heavy atom. The number of nitrogens with zero attached hydrogens (tertiary/aromatic N) is 1. The molecule has 1 aliphatic heterocycles. The third-order valence-electron chi connectivity index (χ3n) is 3.83. The van der Waals surface area contributed by atoms with Crippen molar-refractivity contribution >= 4 is 0 Å². The first-order chi connectivity index (χ1) is 9.04. The van der Waals surface area contributed by atoms with Crippen LogP contribution < -0.4 is 0 Å². The number of hydrogen-bond acceptors (Lipinski definition) is 1. The number of allylic oxidation sites excluding steroid dienone is 3. The molecule has 1 unspecified atom stereocenters. The molecular formula is C18H29N. The molecule has 0 spiro atoms. The maximum absolute atomic E-state index is 4.17. The van der Waals surface area contributed by atoms with E-state index < -0.39 is 0 Å². The highest BCUT2D eigenvalue weighted by Crippen LogP contribution is 2.20. The highest BCUT2D eigenvalue weighted by Gasteiger charge is 2.20. The molecule has 0 aromatic rings. The fraction of sp³-hybridized carbons (Fsp3) is 0.556. The van der Waals surface area contributed by atoms with Crippen LogP contribution in [0.15, 0.2) is 48.6 Å². The molecule has 1 rings (SSSR count). The van der Waals surface area contributed by atoms with Crippen LogP contribution in [0.1, 0.15) is 46.5 Å². The fourth-order valence-corrected chi connectivity index (χ4v) is 2.65. The molecule has 1 heteroatoms. The lowest BCUT2D eigenvalue weighted by atomic mass is 10.0. The van der Waals surface area contributed by atoms with Crippen LogP contribution in [0, 0.1) is 0 Å². The lowest BCUT2D eigenvalue weighted by molar-refractivity contribution is 0.159. The van der Waals surface area contributed by atoms with E-state index in [2.05, 4.69) is 63.1 Å². The first kappa shape index (κ1) is 16.0. The van der Waals surface area contributed by atoms with Crippen molar-refractivity contribution in [3.63, 3.8) is 0 Å². The molecule has 1 nitrogen and oxygen atoms in total. The average Bonchev–Trinajstić information content (AvgIpc) is 2.37. The third-order valence-corrected chi connectivity index (χ3v) is 3.83. The molecule has 1 aliphatic rings. The minimum Gasteiger partial charge on any atom is -0.293 e. The van der Waals surface area contributed by atoms with Gasteiger partial charge in [-0.1, -0.05) is 62.8 Å². The summed E-state index contributed by atoms with van der Waals surface area (Å²) in [6.45, 7) is 16.2. The normalized spacial score (nSPS) is 27.0. The molecule has 0 aromatic carbocycles. The molecule has 2 atom stereocenters. The van der Waals surface area contributed by atoms with Crippen LogP contribution in [0.5, 0.6) is 0 Å². The molecule has 1 heterocycles. The molecule has 0 saturated heterocycles. The standard InChI is InChI=1S/C18H29N/c1-6-7-12-17(4)19-14-16(3)11-9-8-10-15(2)13-18(19)5/h8-11,17-18H,2-3,6-7,12-14H2,1,4-5H3/b10-8-,11-9-/t17-,18?/m0/s1. The Kier molecular flexibility index (Phi) is 6.86. The van der Waals surface area contributed by atoms with Crippen LogP contribution >= 0.6 is 0 Å². The van der Waals surface area contributed by atoms with Crippen LogP contribution in [-0.2, 0) is 0 Å². The van der Waals surface area contributed by atoms with Gasteiger partial charge in [0.25, 0.3) is 0 Å². The minimum absolute atomic E-state index is 0.521. The van der Waals surface area contributed by atoms with E-state index in [1.165, 1.54) is 30.4 Å². The minimum atomic E-state index is 0.521. The van der Waals surface area contributed by atoms with Crippen LogP contribution in [0.2, 0.25) is 0 Å². The first-order valence-electron chi connectivity index (χ1n) is 7.50. The molecule has 0 saturated carbocycles. The third kappa shape index (κ3) is 5.61. The maximum atomic E-state index is 4.17. The molecule has 0 amide bonds. The van der Waals surface area contributed by atoms with E-state index in [-0.39, 0.29) is 0 Å². The van der Waals surface area contributed by atoms with Crippen molar-refractivity contribution in [2.75, 3.05) is 6.54 Å². The van der Waals surface area contributed by atoms with Crippen molar-refractivity contribution in [2.24, 2.45) is 0 Å². The first-order valence-corrected chi connectivity index (χ1v) is 7.50. The second-order valence-corrected chi connectivity index (χ2v) is 5.75. The van der Waals surface area contributed by atoms with Crippen molar-refractivity contribution in [1.29, 1.82) is 0 Å². The van der Waals surface area contributed by atoms with Crippen molar-refractivity contribution in [3.05, 3.63) is 48.6 Å². The Hall–Kier alpha value is -1.08.